The average molecular weight is 316 g/mol. The van der Waals surface area contributed by atoms with Gasteiger partial charge in [-0.3, -0.25) is 5.32 Å². The number of hydrogen-bond acceptors (Lipinski definition) is 2. The van der Waals surface area contributed by atoms with Gasteiger partial charge >= 0.3 is 12.3 Å². The predicted octanol–water partition coefficient (Wildman–Crippen LogP) is 4.97. The molecule has 1 amide bonds. The lowest BCUT2D eigenvalue weighted by Gasteiger charge is -2.10. The van der Waals surface area contributed by atoms with Crippen molar-refractivity contribution in [2.24, 2.45) is 0 Å². The lowest BCUT2D eigenvalue weighted by atomic mass is 10.2. The summed E-state index contributed by atoms with van der Waals surface area (Å²) in [6.45, 7) is 0. The first kappa shape index (κ1) is 15.2. The van der Waals surface area contributed by atoms with E-state index < -0.39 is 17.8 Å². The molecule has 0 aliphatic carbocycles. The second-order valence-corrected chi connectivity index (χ2v) is 4.49. The number of ether oxygens (including phenoxy) is 1. The summed E-state index contributed by atoms with van der Waals surface area (Å²) in [5.41, 5.74) is -0.530. The van der Waals surface area contributed by atoms with E-state index in [2.05, 4.69) is 5.32 Å². The molecule has 0 bridgehead atoms. The molecule has 7 heteroatoms. The van der Waals surface area contributed by atoms with Crippen molar-refractivity contribution < 1.29 is 22.7 Å². The maximum atomic E-state index is 12.6. The van der Waals surface area contributed by atoms with Gasteiger partial charge in [0.2, 0.25) is 0 Å². The highest BCUT2D eigenvalue weighted by Gasteiger charge is 2.31. The molecule has 0 aliphatic heterocycles. The summed E-state index contributed by atoms with van der Waals surface area (Å²) in [6.07, 6.45) is -5.48. The zero-order valence-electron chi connectivity index (χ0n) is 10.4. The fraction of sp³-hybridized carbons (Fsp3) is 0.0714. The zero-order chi connectivity index (χ0) is 15.5. The normalized spacial score (nSPS) is 11.0. The Morgan fingerprint density at radius 2 is 1.76 bits per heavy atom. The molecule has 0 atom stereocenters. The van der Waals surface area contributed by atoms with Gasteiger partial charge in [0.05, 0.1) is 5.56 Å². The van der Waals surface area contributed by atoms with Crippen LogP contribution in [-0.2, 0) is 6.18 Å². The second kappa shape index (κ2) is 6.05. The third-order valence-corrected chi connectivity index (χ3v) is 2.65. The zero-order valence-corrected chi connectivity index (χ0v) is 11.2. The van der Waals surface area contributed by atoms with Gasteiger partial charge in [0, 0.05) is 10.7 Å². The molecule has 0 saturated carbocycles. The summed E-state index contributed by atoms with van der Waals surface area (Å²) in [5.74, 6) is -0.289. The van der Waals surface area contributed by atoms with Crippen LogP contribution in [0.1, 0.15) is 5.56 Å². The van der Waals surface area contributed by atoms with E-state index in [4.69, 9.17) is 16.3 Å². The minimum atomic E-state index is -4.57. The van der Waals surface area contributed by atoms with Crippen LogP contribution >= 0.6 is 11.6 Å². The molecule has 0 saturated heterocycles. The Morgan fingerprint density at radius 3 is 2.38 bits per heavy atom. The number of carbonyl (C=O) groups excluding carboxylic acids is 1. The molecular formula is C14H9ClF3NO2. The van der Waals surface area contributed by atoms with Gasteiger partial charge in [0.25, 0.3) is 0 Å². The molecular weight excluding hydrogens is 307 g/mol. The van der Waals surface area contributed by atoms with E-state index in [0.29, 0.717) is 11.8 Å². The predicted molar refractivity (Wildman–Crippen MR) is 72.5 cm³/mol. The number of nitrogens with one attached hydrogen (secondary N) is 1. The van der Waals surface area contributed by atoms with E-state index in [9.17, 15) is 18.0 Å². The summed E-state index contributed by atoms with van der Waals surface area (Å²) in [4.78, 5) is 11.6. The van der Waals surface area contributed by atoms with E-state index in [-0.39, 0.29) is 10.8 Å². The molecule has 110 valence electrons. The molecule has 2 aromatic carbocycles. The van der Waals surface area contributed by atoms with Crippen LogP contribution in [0.25, 0.3) is 0 Å². The lowest BCUT2D eigenvalue weighted by Crippen LogP contribution is -2.17. The van der Waals surface area contributed by atoms with Crippen LogP contribution in [0.15, 0.2) is 48.5 Å². The van der Waals surface area contributed by atoms with Crippen LogP contribution in [0.4, 0.5) is 23.7 Å². The van der Waals surface area contributed by atoms with Crippen LogP contribution in [-0.4, -0.2) is 6.09 Å². The smallest absolute Gasteiger partial charge is 0.410 e. The summed E-state index contributed by atoms with van der Waals surface area (Å²) in [7, 11) is 0. The minimum Gasteiger partial charge on any atom is -0.410 e. The van der Waals surface area contributed by atoms with Gasteiger partial charge in [-0.2, -0.15) is 13.2 Å². The first-order chi connectivity index (χ1) is 9.84. The topological polar surface area (TPSA) is 38.3 Å². The molecule has 1 N–H and O–H groups in total. The maximum Gasteiger partial charge on any atom is 0.417 e. The third kappa shape index (κ3) is 4.39. The van der Waals surface area contributed by atoms with E-state index in [0.717, 1.165) is 12.1 Å². The van der Waals surface area contributed by atoms with Crippen molar-refractivity contribution in [2.75, 3.05) is 5.32 Å². The van der Waals surface area contributed by atoms with Gasteiger partial charge in [-0.15, -0.1) is 0 Å². The first-order valence-electron chi connectivity index (χ1n) is 5.76. The van der Waals surface area contributed by atoms with Gasteiger partial charge in [-0.05, 0) is 30.3 Å². The number of amides is 1. The van der Waals surface area contributed by atoms with Crippen LogP contribution in [0.5, 0.6) is 5.75 Å². The van der Waals surface area contributed by atoms with Crippen molar-refractivity contribution >= 4 is 23.4 Å². The van der Waals surface area contributed by atoms with E-state index in [1.165, 1.54) is 0 Å². The average Bonchev–Trinajstić information content (AvgIpc) is 2.37. The molecule has 2 aromatic rings. The SMILES string of the molecule is O=C(Nc1ccccc1)Oc1cc(Cl)cc(C(F)(F)F)c1. The number of anilines is 1. The highest BCUT2D eigenvalue weighted by Crippen LogP contribution is 2.34. The van der Waals surface area contributed by atoms with Crippen molar-refractivity contribution in [1.29, 1.82) is 0 Å². The molecule has 0 radical (unpaired) electrons. The van der Waals surface area contributed by atoms with Gasteiger partial charge in [0.15, 0.2) is 0 Å². The number of carbonyl (C=O) groups is 1. The Balaban J connectivity index is 2.12. The number of rotatable bonds is 2. The van der Waals surface area contributed by atoms with Crippen molar-refractivity contribution in [3.8, 4) is 5.75 Å². The first-order valence-corrected chi connectivity index (χ1v) is 6.14. The highest BCUT2D eigenvalue weighted by molar-refractivity contribution is 6.30. The van der Waals surface area contributed by atoms with Crippen LogP contribution in [0.2, 0.25) is 5.02 Å². The molecule has 0 heterocycles. The summed E-state index contributed by atoms with van der Waals surface area (Å²) in [5, 5.41) is 2.21. The molecule has 0 spiro atoms. The number of alkyl halides is 3. The van der Waals surface area contributed by atoms with Crippen LogP contribution < -0.4 is 10.1 Å². The fourth-order valence-electron chi connectivity index (χ4n) is 1.56. The van der Waals surface area contributed by atoms with E-state index in [1.54, 1.807) is 30.3 Å². The Labute approximate surface area is 123 Å². The van der Waals surface area contributed by atoms with Crippen LogP contribution in [0, 0.1) is 0 Å². The summed E-state index contributed by atoms with van der Waals surface area (Å²) in [6, 6.07) is 10.9. The fourth-order valence-corrected chi connectivity index (χ4v) is 1.78. The van der Waals surface area contributed by atoms with E-state index >= 15 is 0 Å². The van der Waals surface area contributed by atoms with Crippen molar-refractivity contribution in [3.05, 3.63) is 59.1 Å². The molecule has 0 fully saturated rings. The standard InChI is InChI=1S/C14H9ClF3NO2/c15-10-6-9(14(16,17)18)7-12(8-10)21-13(20)19-11-4-2-1-3-5-11/h1-8H,(H,19,20). The molecule has 2 rings (SSSR count). The lowest BCUT2D eigenvalue weighted by molar-refractivity contribution is -0.137. The monoisotopic (exact) mass is 315 g/mol. The Hall–Kier alpha value is -2.21. The highest BCUT2D eigenvalue weighted by atomic mass is 35.5. The molecule has 3 nitrogen and oxygen atoms in total. The van der Waals surface area contributed by atoms with Gasteiger partial charge in [-0.1, -0.05) is 29.8 Å². The Kier molecular flexibility index (Phi) is 4.37. The number of hydrogen-bond donors (Lipinski definition) is 1. The van der Waals surface area contributed by atoms with Crippen molar-refractivity contribution in [2.45, 2.75) is 6.18 Å². The largest absolute Gasteiger partial charge is 0.417 e. The summed E-state index contributed by atoms with van der Waals surface area (Å²) >= 11 is 5.59. The third-order valence-electron chi connectivity index (χ3n) is 2.43. The maximum absolute atomic E-state index is 12.6. The van der Waals surface area contributed by atoms with Crippen molar-refractivity contribution in [1.82, 2.24) is 0 Å². The Bertz CT molecular complexity index is 644. The van der Waals surface area contributed by atoms with Gasteiger partial charge in [-0.25, -0.2) is 4.79 Å². The molecule has 0 aliphatic rings. The quantitative estimate of drug-likeness (QED) is 0.849. The van der Waals surface area contributed by atoms with Crippen molar-refractivity contribution in [3.63, 3.8) is 0 Å². The van der Waals surface area contributed by atoms with E-state index in [1.807, 2.05) is 0 Å². The summed E-state index contributed by atoms with van der Waals surface area (Å²) < 4.78 is 42.7. The molecule has 21 heavy (non-hydrogen) atoms. The molecule has 0 unspecified atom stereocenters. The van der Waals surface area contributed by atoms with Crippen LogP contribution in [0.3, 0.4) is 0 Å². The molecule has 0 aromatic heterocycles. The number of halogens is 4. The van der Waals surface area contributed by atoms with Gasteiger partial charge in [0.1, 0.15) is 5.75 Å². The number of benzene rings is 2. The number of para-hydroxylation sites is 1. The second-order valence-electron chi connectivity index (χ2n) is 4.05. The minimum absolute atomic E-state index is 0.174. The van der Waals surface area contributed by atoms with Gasteiger partial charge < -0.3 is 4.74 Å². The Morgan fingerprint density at radius 1 is 1.10 bits per heavy atom.